The van der Waals surface area contributed by atoms with Gasteiger partial charge in [-0.15, -0.1) is 0 Å². The lowest BCUT2D eigenvalue weighted by atomic mass is 9.60. The number of hydrogen-bond acceptors (Lipinski definition) is 3. The second-order valence-corrected chi connectivity index (χ2v) is 6.49. The minimum absolute atomic E-state index is 0.0190. The third kappa shape index (κ3) is 2.27. The lowest BCUT2D eigenvalue weighted by Gasteiger charge is -2.56. The topological polar surface area (TPSA) is 58.2 Å². The standard InChI is InChI=1S/C16H25N3O2/c1-4-21-14-10-13(16(14)7-5-6-8-16)19(3)15(20)12-9-11(2)17-18-12/h9,13-14H,4-8,10H2,1-3H3,(H,17,18)/t13-,14-/m1/s1. The molecule has 5 heteroatoms. The molecule has 2 saturated carbocycles. The molecule has 0 radical (unpaired) electrons. The molecule has 1 aromatic rings. The average molecular weight is 291 g/mol. The number of carbonyl (C=O) groups is 1. The van der Waals surface area contributed by atoms with Crippen LogP contribution in [0.5, 0.6) is 0 Å². The summed E-state index contributed by atoms with van der Waals surface area (Å²) >= 11 is 0. The van der Waals surface area contributed by atoms with E-state index in [4.69, 9.17) is 4.74 Å². The van der Waals surface area contributed by atoms with E-state index in [-0.39, 0.29) is 11.3 Å². The number of aromatic nitrogens is 2. The number of ether oxygens (including phenoxy) is 1. The highest BCUT2D eigenvalue weighted by molar-refractivity contribution is 5.92. The summed E-state index contributed by atoms with van der Waals surface area (Å²) in [4.78, 5) is 14.5. The molecule has 2 aliphatic carbocycles. The Morgan fingerprint density at radius 3 is 2.81 bits per heavy atom. The molecule has 0 aliphatic heterocycles. The van der Waals surface area contributed by atoms with Gasteiger partial charge in [-0.05, 0) is 39.2 Å². The van der Waals surface area contributed by atoms with E-state index in [2.05, 4.69) is 17.1 Å². The summed E-state index contributed by atoms with van der Waals surface area (Å²) in [5.41, 5.74) is 1.62. The van der Waals surface area contributed by atoms with Crippen LogP contribution < -0.4 is 0 Å². The fourth-order valence-electron chi connectivity index (χ4n) is 4.24. The monoisotopic (exact) mass is 291 g/mol. The van der Waals surface area contributed by atoms with Crippen molar-refractivity contribution in [3.05, 3.63) is 17.5 Å². The molecule has 0 saturated heterocycles. The van der Waals surface area contributed by atoms with Crippen molar-refractivity contribution in [3.63, 3.8) is 0 Å². The van der Waals surface area contributed by atoms with Crippen molar-refractivity contribution in [2.75, 3.05) is 13.7 Å². The number of amides is 1. The van der Waals surface area contributed by atoms with E-state index in [0.29, 0.717) is 17.8 Å². The van der Waals surface area contributed by atoms with Crippen molar-refractivity contribution in [3.8, 4) is 0 Å². The first-order valence-corrected chi connectivity index (χ1v) is 7.99. The van der Waals surface area contributed by atoms with E-state index < -0.39 is 0 Å². The van der Waals surface area contributed by atoms with Crippen LogP contribution in [0.4, 0.5) is 0 Å². The number of aryl methyl sites for hydroxylation is 1. The Hall–Kier alpha value is -1.36. The summed E-state index contributed by atoms with van der Waals surface area (Å²) in [6.45, 7) is 4.73. The van der Waals surface area contributed by atoms with Crippen LogP contribution in [0.15, 0.2) is 6.07 Å². The third-order valence-electron chi connectivity index (χ3n) is 5.36. The average Bonchev–Trinajstić information content (AvgIpc) is 3.11. The van der Waals surface area contributed by atoms with Gasteiger partial charge in [0.15, 0.2) is 0 Å². The second kappa shape index (κ2) is 5.44. The van der Waals surface area contributed by atoms with Gasteiger partial charge in [0.1, 0.15) is 5.69 Å². The van der Waals surface area contributed by atoms with E-state index in [1.54, 1.807) is 0 Å². The third-order valence-corrected chi connectivity index (χ3v) is 5.36. The molecule has 0 aromatic carbocycles. The molecule has 2 fully saturated rings. The van der Waals surface area contributed by atoms with Gasteiger partial charge in [0.25, 0.3) is 5.91 Å². The molecule has 0 unspecified atom stereocenters. The van der Waals surface area contributed by atoms with Crippen molar-refractivity contribution >= 4 is 5.91 Å². The van der Waals surface area contributed by atoms with Crippen molar-refractivity contribution in [1.82, 2.24) is 15.1 Å². The minimum Gasteiger partial charge on any atom is -0.378 e. The van der Waals surface area contributed by atoms with Crippen LogP contribution in [-0.4, -0.2) is 46.8 Å². The molecule has 1 heterocycles. The summed E-state index contributed by atoms with van der Waals surface area (Å²) in [5, 5.41) is 6.95. The van der Waals surface area contributed by atoms with Crippen molar-refractivity contribution in [1.29, 1.82) is 0 Å². The number of carbonyl (C=O) groups excluding carboxylic acids is 1. The van der Waals surface area contributed by atoms with Gasteiger partial charge in [-0.2, -0.15) is 5.10 Å². The van der Waals surface area contributed by atoms with E-state index in [1.165, 1.54) is 25.7 Å². The number of H-pyrrole nitrogens is 1. The molecule has 2 aliphatic rings. The van der Waals surface area contributed by atoms with Crippen LogP contribution in [0.25, 0.3) is 0 Å². The van der Waals surface area contributed by atoms with Gasteiger partial charge in [-0.3, -0.25) is 9.89 Å². The predicted octanol–water partition coefficient (Wildman–Crippen LogP) is 2.53. The van der Waals surface area contributed by atoms with Crippen molar-refractivity contribution in [2.45, 2.75) is 58.1 Å². The van der Waals surface area contributed by atoms with Gasteiger partial charge in [0.05, 0.1) is 6.10 Å². The molecular weight excluding hydrogens is 266 g/mol. The molecule has 1 amide bonds. The fourth-order valence-corrected chi connectivity index (χ4v) is 4.24. The molecule has 1 spiro atoms. The number of hydrogen-bond donors (Lipinski definition) is 1. The van der Waals surface area contributed by atoms with E-state index in [0.717, 1.165) is 18.7 Å². The SMILES string of the molecule is CCO[C@@H]1C[C@@H](N(C)C(=O)c2cc(C)[nH]n2)C12CCCC2. The molecule has 0 bridgehead atoms. The molecule has 3 rings (SSSR count). The summed E-state index contributed by atoms with van der Waals surface area (Å²) in [5.74, 6) is 0.0190. The minimum atomic E-state index is 0.0190. The lowest BCUT2D eigenvalue weighted by molar-refractivity contribution is -0.152. The molecule has 2 atom stereocenters. The fraction of sp³-hybridized carbons (Fsp3) is 0.750. The first kappa shape index (κ1) is 14.6. The van der Waals surface area contributed by atoms with Gasteiger partial charge in [-0.1, -0.05) is 12.8 Å². The second-order valence-electron chi connectivity index (χ2n) is 6.49. The number of aromatic amines is 1. The molecule has 5 nitrogen and oxygen atoms in total. The smallest absolute Gasteiger partial charge is 0.274 e. The van der Waals surface area contributed by atoms with Gasteiger partial charge >= 0.3 is 0 Å². The Labute approximate surface area is 126 Å². The Bertz CT molecular complexity index is 519. The lowest BCUT2D eigenvalue weighted by Crippen LogP contribution is -2.64. The van der Waals surface area contributed by atoms with E-state index >= 15 is 0 Å². The highest BCUT2D eigenvalue weighted by Gasteiger charge is 2.58. The van der Waals surface area contributed by atoms with E-state index in [1.807, 2.05) is 24.9 Å². The summed E-state index contributed by atoms with van der Waals surface area (Å²) in [7, 11) is 1.92. The van der Waals surface area contributed by atoms with Crippen LogP contribution in [0.3, 0.4) is 0 Å². The Morgan fingerprint density at radius 1 is 1.52 bits per heavy atom. The quantitative estimate of drug-likeness (QED) is 0.927. The zero-order chi connectivity index (χ0) is 15.0. The maximum Gasteiger partial charge on any atom is 0.274 e. The molecule has 1 aromatic heterocycles. The van der Waals surface area contributed by atoms with Crippen molar-refractivity contribution in [2.24, 2.45) is 5.41 Å². The first-order valence-electron chi connectivity index (χ1n) is 7.99. The van der Waals surface area contributed by atoms with Crippen LogP contribution in [-0.2, 0) is 4.74 Å². The van der Waals surface area contributed by atoms with Crippen molar-refractivity contribution < 1.29 is 9.53 Å². The van der Waals surface area contributed by atoms with Gasteiger partial charge in [-0.25, -0.2) is 0 Å². The molecule has 1 N–H and O–H groups in total. The van der Waals surface area contributed by atoms with Crippen LogP contribution >= 0.6 is 0 Å². The normalized spacial score (nSPS) is 26.8. The summed E-state index contributed by atoms with van der Waals surface area (Å²) < 4.78 is 5.93. The summed E-state index contributed by atoms with van der Waals surface area (Å²) in [6.07, 6.45) is 6.15. The highest BCUT2D eigenvalue weighted by Crippen LogP contribution is 2.56. The Morgan fingerprint density at radius 2 is 2.24 bits per heavy atom. The predicted molar refractivity (Wildman–Crippen MR) is 80.1 cm³/mol. The maximum atomic E-state index is 12.6. The molecular formula is C16H25N3O2. The largest absolute Gasteiger partial charge is 0.378 e. The summed E-state index contributed by atoms with van der Waals surface area (Å²) in [6, 6.07) is 2.11. The molecule has 21 heavy (non-hydrogen) atoms. The highest BCUT2D eigenvalue weighted by atomic mass is 16.5. The van der Waals surface area contributed by atoms with Gasteiger partial charge < -0.3 is 9.64 Å². The van der Waals surface area contributed by atoms with Crippen LogP contribution in [0.2, 0.25) is 0 Å². The zero-order valence-electron chi connectivity index (χ0n) is 13.2. The van der Waals surface area contributed by atoms with Gasteiger partial charge in [0.2, 0.25) is 0 Å². The number of nitrogens with zero attached hydrogens (tertiary/aromatic N) is 2. The Balaban J connectivity index is 1.75. The number of rotatable bonds is 4. The molecule has 116 valence electrons. The Kier molecular flexibility index (Phi) is 3.78. The van der Waals surface area contributed by atoms with Gasteiger partial charge in [0, 0.05) is 30.8 Å². The van der Waals surface area contributed by atoms with Crippen LogP contribution in [0.1, 0.15) is 55.2 Å². The van der Waals surface area contributed by atoms with Crippen LogP contribution in [0, 0.1) is 12.3 Å². The number of nitrogens with one attached hydrogen (secondary N) is 1. The van der Waals surface area contributed by atoms with E-state index in [9.17, 15) is 4.79 Å². The zero-order valence-corrected chi connectivity index (χ0v) is 13.2. The maximum absolute atomic E-state index is 12.6. The first-order chi connectivity index (χ1) is 10.1.